The highest BCUT2D eigenvalue weighted by molar-refractivity contribution is 8.01. The minimum absolute atomic E-state index is 1.09. The number of unbranched alkanes of at least 4 members (excludes halogenated alkanes) is 6. The zero-order valence-electron chi connectivity index (χ0n) is 11.6. The molecule has 0 nitrogen and oxygen atoms in total. The van der Waals surface area contributed by atoms with Gasteiger partial charge in [0.05, 0.1) is 0 Å². The molecule has 0 spiro atoms. The molecule has 0 amide bonds. The van der Waals surface area contributed by atoms with E-state index in [0.29, 0.717) is 0 Å². The zero-order valence-corrected chi connectivity index (χ0v) is 12.4. The second kappa shape index (κ2) is 11.4. The highest BCUT2D eigenvalue weighted by atomic mass is 32.2. The summed E-state index contributed by atoms with van der Waals surface area (Å²) in [6.07, 6.45) is 11.9. The van der Waals surface area contributed by atoms with E-state index >= 15 is 0 Å². The molecule has 0 saturated heterocycles. The first-order valence-electron chi connectivity index (χ1n) is 7.24. The maximum Gasteiger partial charge on any atom is 0.0225 e. The van der Waals surface area contributed by atoms with Crippen LogP contribution in [0.15, 0.2) is 41.8 Å². The first-order chi connectivity index (χ1) is 8.93. The van der Waals surface area contributed by atoms with Gasteiger partial charge in [0.25, 0.3) is 0 Å². The summed E-state index contributed by atoms with van der Waals surface area (Å²) in [6.45, 7) is 2.27. The number of thioether (sulfide) groups is 1. The normalized spacial score (nSPS) is 11.2. The van der Waals surface area contributed by atoms with Crippen LogP contribution in [0, 0.1) is 0 Å². The summed E-state index contributed by atoms with van der Waals surface area (Å²) < 4.78 is 0. The van der Waals surface area contributed by atoms with Crippen LogP contribution in [0.5, 0.6) is 0 Å². The van der Waals surface area contributed by atoms with E-state index in [-0.39, 0.29) is 0 Å². The van der Waals surface area contributed by atoms with Gasteiger partial charge in [0.1, 0.15) is 0 Å². The molecule has 1 rings (SSSR count). The highest BCUT2D eigenvalue weighted by Gasteiger charge is 1.89. The van der Waals surface area contributed by atoms with Crippen LogP contribution in [0.25, 0.3) is 0 Å². The van der Waals surface area contributed by atoms with Crippen molar-refractivity contribution in [3.8, 4) is 0 Å². The van der Waals surface area contributed by atoms with Crippen molar-refractivity contribution in [2.75, 3.05) is 0 Å². The van der Waals surface area contributed by atoms with Crippen molar-refractivity contribution < 1.29 is 0 Å². The Labute approximate surface area is 117 Å². The average Bonchev–Trinajstić information content (AvgIpc) is 2.42. The Morgan fingerprint density at radius 2 is 1.67 bits per heavy atom. The predicted octanol–water partition coefficient (Wildman–Crippen LogP) is 6.18. The molecule has 0 unspecified atom stereocenters. The third-order valence-corrected chi connectivity index (χ3v) is 3.89. The zero-order chi connectivity index (χ0) is 12.9. The quantitative estimate of drug-likeness (QED) is 0.453. The summed E-state index contributed by atoms with van der Waals surface area (Å²) in [5.74, 6) is 1.09. The van der Waals surface area contributed by atoms with E-state index in [0.717, 1.165) is 5.75 Å². The molecule has 0 N–H and O–H groups in total. The monoisotopic (exact) mass is 262 g/mol. The second-order valence-corrected chi connectivity index (χ2v) is 5.62. The lowest BCUT2D eigenvalue weighted by Crippen LogP contribution is -1.78. The average molecular weight is 262 g/mol. The van der Waals surface area contributed by atoms with Crippen molar-refractivity contribution in [2.24, 2.45) is 0 Å². The van der Waals surface area contributed by atoms with E-state index in [9.17, 15) is 0 Å². The number of hydrogen-bond acceptors (Lipinski definition) is 1. The fraction of sp³-hybridized carbons (Fsp3) is 0.529. The molecule has 0 heterocycles. The molecule has 0 atom stereocenters. The Bertz CT molecular complexity index is 303. The predicted molar refractivity (Wildman–Crippen MR) is 84.9 cm³/mol. The number of rotatable bonds is 10. The summed E-state index contributed by atoms with van der Waals surface area (Å²) in [4.78, 5) is 0. The van der Waals surface area contributed by atoms with Crippen molar-refractivity contribution in [1.29, 1.82) is 0 Å². The molecule has 0 aromatic heterocycles. The van der Waals surface area contributed by atoms with Gasteiger partial charge in [0.15, 0.2) is 0 Å². The summed E-state index contributed by atoms with van der Waals surface area (Å²) in [6, 6.07) is 10.7. The van der Waals surface area contributed by atoms with Gasteiger partial charge in [-0.05, 0) is 23.8 Å². The molecule has 0 fully saturated rings. The van der Waals surface area contributed by atoms with E-state index in [1.807, 2.05) is 11.8 Å². The van der Waals surface area contributed by atoms with Gasteiger partial charge < -0.3 is 0 Å². The molecule has 0 saturated carbocycles. The van der Waals surface area contributed by atoms with Crippen LogP contribution in [-0.4, -0.2) is 0 Å². The third-order valence-electron chi connectivity index (χ3n) is 3.01. The number of benzene rings is 1. The lowest BCUT2D eigenvalue weighted by atomic mass is 10.1. The molecule has 1 aromatic carbocycles. The van der Waals surface area contributed by atoms with Crippen molar-refractivity contribution in [3.63, 3.8) is 0 Å². The standard InChI is InChI=1S/C17H26S/c1-2-3-4-5-6-7-8-12-15-18-16-17-13-10-9-11-14-17/h9-15H,2-8,16H2,1H3/b15-12-. The van der Waals surface area contributed by atoms with Gasteiger partial charge in [-0.1, -0.05) is 75.4 Å². The van der Waals surface area contributed by atoms with Crippen LogP contribution in [0.2, 0.25) is 0 Å². The van der Waals surface area contributed by atoms with Crippen molar-refractivity contribution in [3.05, 3.63) is 47.4 Å². The Kier molecular flexibility index (Phi) is 9.74. The molecule has 100 valence electrons. The maximum absolute atomic E-state index is 2.33. The molecule has 1 aromatic rings. The summed E-state index contributed by atoms with van der Waals surface area (Å²) in [5, 5.41) is 2.26. The molecule has 18 heavy (non-hydrogen) atoms. The Balaban J connectivity index is 1.92. The molecule has 0 bridgehead atoms. The van der Waals surface area contributed by atoms with Crippen LogP contribution in [0.1, 0.15) is 57.4 Å². The van der Waals surface area contributed by atoms with Crippen molar-refractivity contribution in [2.45, 2.75) is 57.6 Å². The van der Waals surface area contributed by atoms with Gasteiger partial charge in [-0.25, -0.2) is 0 Å². The molecule has 0 aliphatic carbocycles. The highest BCUT2D eigenvalue weighted by Crippen LogP contribution is 2.14. The van der Waals surface area contributed by atoms with Crippen LogP contribution < -0.4 is 0 Å². The lowest BCUT2D eigenvalue weighted by molar-refractivity contribution is 0.611. The summed E-state index contributed by atoms with van der Waals surface area (Å²) in [7, 11) is 0. The third kappa shape index (κ3) is 8.41. The minimum Gasteiger partial charge on any atom is -0.130 e. The summed E-state index contributed by atoms with van der Waals surface area (Å²) in [5.41, 5.74) is 1.41. The van der Waals surface area contributed by atoms with Gasteiger partial charge in [-0.15, -0.1) is 11.8 Å². The van der Waals surface area contributed by atoms with E-state index in [2.05, 4.69) is 48.7 Å². The summed E-state index contributed by atoms with van der Waals surface area (Å²) >= 11 is 1.90. The Hall–Kier alpha value is -0.690. The van der Waals surface area contributed by atoms with E-state index < -0.39 is 0 Å². The molecule has 1 heteroatoms. The van der Waals surface area contributed by atoms with E-state index in [4.69, 9.17) is 0 Å². The lowest BCUT2D eigenvalue weighted by Gasteiger charge is -1.98. The van der Waals surface area contributed by atoms with Crippen LogP contribution in [-0.2, 0) is 5.75 Å². The van der Waals surface area contributed by atoms with Gasteiger partial charge in [-0.2, -0.15) is 0 Å². The minimum atomic E-state index is 1.09. The van der Waals surface area contributed by atoms with Crippen LogP contribution >= 0.6 is 11.8 Å². The molecular formula is C17H26S. The topological polar surface area (TPSA) is 0 Å². The van der Waals surface area contributed by atoms with Crippen molar-refractivity contribution >= 4 is 11.8 Å². The first kappa shape index (κ1) is 15.4. The number of hydrogen-bond donors (Lipinski definition) is 0. The van der Waals surface area contributed by atoms with Gasteiger partial charge in [0, 0.05) is 5.75 Å². The molecular weight excluding hydrogens is 236 g/mol. The fourth-order valence-corrected chi connectivity index (χ4v) is 2.65. The SMILES string of the molecule is CCCCCCCC/C=C\SCc1ccccc1. The van der Waals surface area contributed by atoms with Crippen LogP contribution in [0.3, 0.4) is 0 Å². The smallest absolute Gasteiger partial charge is 0.0225 e. The van der Waals surface area contributed by atoms with Gasteiger partial charge in [0.2, 0.25) is 0 Å². The molecule has 0 aliphatic rings. The van der Waals surface area contributed by atoms with Crippen LogP contribution in [0.4, 0.5) is 0 Å². The molecule has 0 aliphatic heterocycles. The first-order valence-corrected chi connectivity index (χ1v) is 8.29. The van der Waals surface area contributed by atoms with E-state index in [1.165, 1.54) is 50.5 Å². The van der Waals surface area contributed by atoms with Crippen molar-refractivity contribution in [1.82, 2.24) is 0 Å². The largest absolute Gasteiger partial charge is 0.130 e. The van der Waals surface area contributed by atoms with Gasteiger partial charge in [-0.3, -0.25) is 0 Å². The molecule has 0 radical (unpaired) electrons. The fourth-order valence-electron chi connectivity index (χ4n) is 1.90. The second-order valence-electron chi connectivity index (χ2n) is 4.72. The Morgan fingerprint density at radius 1 is 0.944 bits per heavy atom. The number of allylic oxidation sites excluding steroid dienone is 1. The maximum atomic E-state index is 2.33. The Morgan fingerprint density at radius 3 is 2.44 bits per heavy atom. The van der Waals surface area contributed by atoms with E-state index in [1.54, 1.807) is 0 Å². The van der Waals surface area contributed by atoms with Gasteiger partial charge >= 0.3 is 0 Å².